The van der Waals surface area contributed by atoms with Crippen LogP contribution in [0.3, 0.4) is 0 Å². The van der Waals surface area contributed by atoms with Gasteiger partial charge in [-0.3, -0.25) is 4.90 Å². The van der Waals surface area contributed by atoms with E-state index in [9.17, 15) is 0 Å². The average Bonchev–Trinajstić information content (AvgIpc) is 2.40. The highest BCUT2D eigenvalue weighted by molar-refractivity contribution is 5.22. The van der Waals surface area contributed by atoms with Crippen molar-refractivity contribution in [3.8, 4) is 0 Å². The van der Waals surface area contributed by atoms with Gasteiger partial charge < -0.3 is 10.8 Å². The van der Waals surface area contributed by atoms with Crippen LogP contribution in [0.15, 0.2) is 24.3 Å². The Labute approximate surface area is 110 Å². The summed E-state index contributed by atoms with van der Waals surface area (Å²) in [6.45, 7) is 1.05. The fourth-order valence-corrected chi connectivity index (χ4v) is 2.84. The third-order valence-corrected chi connectivity index (χ3v) is 3.99. The third-order valence-electron chi connectivity index (χ3n) is 3.99. The van der Waals surface area contributed by atoms with E-state index in [1.54, 1.807) is 0 Å². The highest BCUT2D eigenvalue weighted by Gasteiger charge is 2.25. The van der Waals surface area contributed by atoms with Gasteiger partial charge in [0, 0.05) is 18.6 Å². The fraction of sp³-hybridized carbons (Fsp3) is 0.600. The zero-order valence-corrected chi connectivity index (χ0v) is 11.2. The Morgan fingerprint density at radius 2 is 1.78 bits per heavy atom. The summed E-state index contributed by atoms with van der Waals surface area (Å²) in [5.41, 5.74) is 8.46. The first-order valence-electron chi connectivity index (χ1n) is 6.85. The van der Waals surface area contributed by atoms with Crippen LogP contribution in [0.4, 0.5) is 0 Å². The highest BCUT2D eigenvalue weighted by atomic mass is 16.3. The van der Waals surface area contributed by atoms with Crippen molar-refractivity contribution in [2.45, 2.75) is 50.9 Å². The first-order chi connectivity index (χ1) is 8.70. The molecule has 0 heterocycles. The molecule has 1 aliphatic rings. The minimum Gasteiger partial charge on any atom is -0.392 e. The molecule has 1 aliphatic carbocycles. The molecule has 0 saturated heterocycles. The number of aliphatic hydroxyl groups excluding tert-OH is 1. The van der Waals surface area contributed by atoms with Crippen LogP contribution in [0.1, 0.15) is 36.8 Å². The normalized spacial score (nSPS) is 24.4. The summed E-state index contributed by atoms with van der Waals surface area (Å²) in [5.74, 6) is 0. The maximum absolute atomic E-state index is 9.02. The predicted octanol–water partition coefficient (Wildman–Crippen LogP) is 1.88. The molecule has 0 aliphatic heterocycles. The van der Waals surface area contributed by atoms with Gasteiger partial charge in [-0.1, -0.05) is 37.1 Å². The first kappa shape index (κ1) is 13.5. The second kappa shape index (κ2) is 6.32. The lowest BCUT2D eigenvalue weighted by atomic mass is 9.90. The summed E-state index contributed by atoms with van der Waals surface area (Å²) >= 11 is 0. The van der Waals surface area contributed by atoms with Crippen LogP contribution in [0.25, 0.3) is 0 Å². The van der Waals surface area contributed by atoms with Crippen LogP contribution < -0.4 is 5.73 Å². The van der Waals surface area contributed by atoms with Crippen molar-refractivity contribution in [3.05, 3.63) is 35.4 Å². The van der Waals surface area contributed by atoms with Crippen molar-refractivity contribution in [1.82, 2.24) is 4.90 Å². The first-order valence-corrected chi connectivity index (χ1v) is 6.85. The molecule has 18 heavy (non-hydrogen) atoms. The van der Waals surface area contributed by atoms with Crippen molar-refractivity contribution in [1.29, 1.82) is 0 Å². The average molecular weight is 248 g/mol. The molecule has 3 N–H and O–H groups in total. The maximum atomic E-state index is 9.02. The molecule has 0 bridgehead atoms. The lowest BCUT2D eigenvalue weighted by molar-refractivity contribution is 0.162. The van der Waals surface area contributed by atoms with E-state index in [4.69, 9.17) is 10.8 Å². The quantitative estimate of drug-likeness (QED) is 0.855. The summed E-state index contributed by atoms with van der Waals surface area (Å²) in [6.07, 6.45) is 4.94. The van der Waals surface area contributed by atoms with Gasteiger partial charge in [-0.05, 0) is 31.0 Å². The Balaban J connectivity index is 1.94. The lowest BCUT2D eigenvalue weighted by Gasteiger charge is -2.36. The molecule has 3 nitrogen and oxygen atoms in total. The molecule has 1 fully saturated rings. The zero-order valence-electron chi connectivity index (χ0n) is 11.2. The van der Waals surface area contributed by atoms with E-state index in [0.717, 1.165) is 18.5 Å². The molecule has 1 aromatic carbocycles. The number of hydrogen-bond acceptors (Lipinski definition) is 3. The molecule has 1 aromatic rings. The summed E-state index contributed by atoms with van der Waals surface area (Å²) in [4.78, 5) is 2.37. The molecule has 2 atom stereocenters. The zero-order chi connectivity index (χ0) is 13.0. The van der Waals surface area contributed by atoms with E-state index < -0.39 is 0 Å². The topological polar surface area (TPSA) is 49.5 Å². The monoisotopic (exact) mass is 248 g/mol. The van der Waals surface area contributed by atoms with Crippen molar-refractivity contribution in [3.63, 3.8) is 0 Å². The van der Waals surface area contributed by atoms with Gasteiger partial charge in [0.25, 0.3) is 0 Å². The van der Waals surface area contributed by atoms with Gasteiger partial charge in [-0.25, -0.2) is 0 Å². The van der Waals surface area contributed by atoms with Crippen LogP contribution in [0.2, 0.25) is 0 Å². The number of benzene rings is 1. The molecule has 0 radical (unpaired) electrons. The summed E-state index contributed by atoms with van der Waals surface area (Å²) in [6, 6.07) is 9.00. The van der Waals surface area contributed by atoms with Crippen LogP contribution in [-0.4, -0.2) is 29.1 Å². The van der Waals surface area contributed by atoms with Gasteiger partial charge in [-0.15, -0.1) is 0 Å². The highest BCUT2D eigenvalue weighted by Crippen LogP contribution is 2.22. The molecule has 2 rings (SSSR count). The van der Waals surface area contributed by atoms with Crippen LogP contribution >= 0.6 is 0 Å². The number of hydrogen-bond donors (Lipinski definition) is 2. The van der Waals surface area contributed by atoms with Gasteiger partial charge >= 0.3 is 0 Å². The molecular formula is C15H24N2O. The molecule has 0 amide bonds. The Bertz CT molecular complexity index is 363. The molecular weight excluding hydrogens is 224 g/mol. The molecule has 2 unspecified atom stereocenters. The molecule has 0 spiro atoms. The van der Waals surface area contributed by atoms with Crippen LogP contribution in [0, 0.1) is 0 Å². The second-order valence-electron chi connectivity index (χ2n) is 5.41. The van der Waals surface area contributed by atoms with E-state index in [1.165, 1.54) is 24.8 Å². The largest absolute Gasteiger partial charge is 0.392 e. The SMILES string of the molecule is CN(Cc1ccc(CO)cc1)C1CCCCC1N. The number of aliphatic hydroxyl groups is 1. The Morgan fingerprint density at radius 1 is 1.17 bits per heavy atom. The number of rotatable bonds is 4. The lowest BCUT2D eigenvalue weighted by Crippen LogP contribution is -2.47. The van der Waals surface area contributed by atoms with Crippen molar-refractivity contribution in [2.24, 2.45) is 5.73 Å². The van der Waals surface area contributed by atoms with Crippen molar-refractivity contribution < 1.29 is 5.11 Å². The smallest absolute Gasteiger partial charge is 0.0681 e. The standard InChI is InChI=1S/C15H24N2O/c1-17(15-5-3-2-4-14(15)16)10-12-6-8-13(11-18)9-7-12/h6-9,14-15,18H,2-5,10-11,16H2,1H3. The third kappa shape index (κ3) is 3.31. The maximum Gasteiger partial charge on any atom is 0.0681 e. The van der Waals surface area contributed by atoms with E-state index in [2.05, 4.69) is 24.1 Å². The van der Waals surface area contributed by atoms with Gasteiger partial charge in [0.15, 0.2) is 0 Å². The molecule has 3 heteroatoms. The van der Waals surface area contributed by atoms with E-state index >= 15 is 0 Å². The van der Waals surface area contributed by atoms with Crippen LogP contribution in [-0.2, 0) is 13.2 Å². The number of nitrogens with two attached hydrogens (primary N) is 1. The van der Waals surface area contributed by atoms with Crippen LogP contribution in [0.5, 0.6) is 0 Å². The van der Waals surface area contributed by atoms with Gasteiger partial charge in [0.2, 0.25) is 0 Å². The number of likely N-dealkylation sites (N-methyl/N-ethyl adjacent to an activating group) is 1. The van der Waals surface area contributed by atoms with Gasteiger partial charge in [0.05, 0.1) is 6.61 Å². The minimum atomic E-state index is 0.115. The summed E-state index contributed by atoms with van der Waals surface area (Å²) in [5, 5.41) is 9.02. The Morgan fingerprint density at radius 3 is 2.39 bits per heavy atom. The van der Waals surface area contributed by atoms with E-state index in [1.807, 2.05) is 12.1 Å². The van der Waals surface area contributed by atoms with Gasteiger partial charge in [-0.2, -0.15) is 0 Å². The summed E-state index contributed by atoms with van der Waals surface area (Å²) in [7, 11) is 2.16. The number of nitrogens with zero attached hydrogens (tertiary/aromatic N) is 1. The van der Waals surface area contributed by atoms with Gasteiger partial charge in [0.1, 0.15) is 0 Å². The predicted molar refractivity (Wildman–Crippen MR) is 74.1 cm³/mol. The van der Waals surface area contributed by atoms with Crippen molar-refractivity contribution in [2.75, 3.05) is 7.05 Å². The van der Waals surface area contributed by atoms with E-state index in [0.29, 0.717) is 12.1 Å². The molecule has 0 aromatic heterocycles. The minimum absolute atomic E-state index is 0.115. The Kier molecular flexibility index (Phi) is 4.75. The van der Waals surface area contributed by atoms with E-state index in [-0.39, 0.29) is 6.61 Å². The fourth-order valence-electron chi connectivity index (χ4n) is 2.84. The van der Waals surface area contributed by atoms with Crippen molar-refractivity contribution >= 4 is 0 Å². The molecule has 100 valence electrons. The Hall–Kier alpha value is -0.900. The summed E-state index contributed by atoms with van der Waals surface area (Å²) < 4.78 is 0. The second-order valence-corrected chi connectivity index (χ2v) is 5.41. The molecule has 1 saturated carbocycles.